The molecule has 1 aliphatic heterocycles. The van der Waals surface area contributed by atoms with Crippen LogP contribution in [0.4, 0.5) is 13.2 Å². The van der Waals surface area contributed by atoms with Crippen LogP contribution in [-0.4, -0.2) is 12.5 Å². The summed E-state index contributed by atoms with van der Waals surface area (Å²) in [6.45, 7) is 0.818. The van der Waals surface area contributed by atoms with Crippen LogP contribution in [0.25, 0.3) is 11.1 Å². The molecular weight excluding hydrogens is 291 g/mol. The minimum absolute atomic E-state index is 0.0891. The Morgan fingerprint density at radius 2 is 1.77 bits per heavy atom. The molecule has 0 radical (unpaired) electrons. The van der Waals surface area contributed by atoms with Crippen LogP contribution in [0.15, 0.2) is 48.5 Å². The summed E-state index contributed by atoms with van der Waals surface area (Å²) < 4.78 is 35.7. The number of fused-ring (bicyclic) bond motifs is 1. The quantitative estimate of drug-likeness (QED) is 0.724. The third kappa shape index (κ3) is 2.98. The zero-order valence-corrected chi connectivity index (χ0v) is 11.7. The Bertz CT molecular complexity index is 695. The van der Waals surface area contributed by atoms with Gasteiger partial charge in [0.2, 0.25) is 5.91 Å². The van der Waals surface area contributed by atoms with E-state index in [4.69, 9.17) is 0 Å². The van der Waals surface area contributed by atoms with Crippen molar-refractivity contribution in [2.75, 3.05) is 6.54 Å². The second-order valence-corrected chi connectivity index (χ2v) is 5.30. The lowest BCUT2D eigenvalue weighted by atomic mass is 9.98. The van der Waals surface area contributed by atoms with Crippen molar-refractivity contribution < 1.29 is 18.0 Å². The lowest BCUT2D eigenvalue weighted by Crippen LogP contribution is -2.17. The highest BCUT2D eigenvalue weighted by Crippen LogP contribution is 2.45. The number of benzene rings is 2. The van der Waals surface area contributed by atoms with Gasteiger partial charge in [0.15, 0.2) is 0 Å². The highest BCUT2D eigenvalue weighted by molar-refractivity contribution is 5.85. The van der Waals surface area contributed by atoms with Gasteiger partial charge in [0.05, 0.1) is 11.5 Å². The van der Waals surface area contributed by atoms with Crippen molar-refractivity contribution in [2.45, 2.75) is 18.5 Å². The molecule has 0 spiro atoms. The molecule has 1 atom stereocenters. The second kappa shape index (κ2) is 5.48. The van der Waals surface area contributed by atoms with Gasteiger partial charge >= 0.3 is 6.18 Å². The van der Waals surface area contributed by atoms with Gasteiger partial charge in [-0.3, -0.25) is 4.79 Å². The average molecular weight is 305 g/mol. The van der Waals surface area contributed by atoms with Crippen molar-refractivity contribution in [1.82, 2.24) is 5.32 Å². The van der Waals surface area contributed by atoms with Gasteiger partial charge in [0.25, 0.3) is 0 Å². The van der Waals surface area contributed by atoms with E-state index in [0.717, 1.165) is 30.2 Å². The minimum atomic E-state index is -4.17. The van der Waals surface area contributed by atoms with Crippen LogP contribution in [0.3, 0.4) is 0 Å². The molecule has 0 aromatic heterocycles. The summed E-state index contributed by atoms with van der Waals surface area (Å²) in [6.07, 6.45) is -3.23. The number of carbonyl (C=O) groups excluding carboxylic acids is 1. The van der Waals surface area contributed by atoms with Crippen molar-refractivity contribution in [3.05, 3.63) is 59.7 Å². The monoisotopic (exact) mass is 305 g/mol. The molecule has 3 aliphatic rings. The van der Waals surface area contributed by atoms with E-state index in [1.165, 1.54) is 12.1 Å². The molecule has 1 N–H and O–H groups in total. The smallest absolute Gasteiger partial charge is 0.356 e. The van der Waals surface area contributed by atoms with E-state index < -0.39 is 11.7 Å². The van der Waals surface area contributed by atoms with Gasteiger partial charge in [-0.1, -0.05) is 36.4 Å². The fourth-order valence-electron chi connectivity index (χ4n) is 2.60. The molecule has 114 valence electrons. The Kier molecular flexibility index (Phi) is 3.64. The van der Waals surface area contributed by atoms with Crippen molar-refractivity contribution >= 4 is 5.91 Å². The Morgan fingerprint density at radius 1 is 1.05 bits per heavy atom. The van der Waals surface area contributed by atoms with Gasteiger partial charge in [-0.05, 0) is 35.2 Å². The van der Waals surface area contributed by atoms with Gasteiger partial charge in [-0.2, -0.15) is 13.2 Å². The van der Waals surface area contributed by atoms with Crippen molar-refractivity contribution in [2.24, 2.45) is 0 Å². The molecule has 4 rings (SSSR count). The number of hydrogen-bond donors (Lipinski definition) is 1. The van der Waals surface area contributed by atoms with E-state index in [1.54, 1.807) is 0 Å². The summed E-state index contributed by atoms with van der Waals surface area (Å²) in [5, 5.41) is 2.83. The van der Waals surface area contributed by atoms with Crippen LogP contribution >= 0.6 is 0 Å². The first-order chi connectivity index (χ1) is 10.5. The molecular formula is C17H14F3NO. The molecule has 0 saturated carbocycles. The minimum Gasteiger partial charge on any atom is -0.356 e. The van der Waals surface area contributed by atoms with Crippen LogP contribution < -0.4 is 5.32 Å². The molecule has 5 heteroatoms. The van der Waals surface area contributed by atoms with E-state index in [9.17, 15) is 18.0 Å². The number of alkyl halides is 3. The topological polar surface area (TPSA) is 29.1 Å². The normalized spacial score (nSPS) is 18.3. The first-order valence-corrected chi connectivity index (χ1v) is 7.01. The van der Waals surface area contributed by atoms with Gasteiger partial charge in [0, 0.05) is 6.54 Å². The van der Waals surface area contributed by atoms with Crippen LogP contribution in [0, 0.1) is 0 Å². The number of amides is 1. The number of carbonyl (C=O) groups is 1. The maximum absolute atomic E-state index is 11.9. The fraction of sp³-hybridized carbons (Fsp3) is 0.235. The Labute approximate surface area is 126 Å². The third-order valence-electron chi connectivity index (χ3n) is 3.80. The fourth-order valence-corrected chi connectivity index (χ4v) is 2.60. The van der Waals surface area contributed by atoms with E-state index in [-0.39, 0.29) is 11.8 Å². The molecule has 1 heterocycles. The SMILES string of the molecule is FC(F)(F)c1ccc2cc1-2.O=C1NCCC1c1ccccc1. The Hall–Kier alpha value is -2.30. The average Bonchev–Trinajstić information content (AvgIpc) is 2.92. The molecule has 1 aromatic carbocycles. The zero-order chi connectivity index (χ0) is 15.7. The van der Waals surface area contributed by atoms with Gasteiger partial charge < -0.3 is 5.32 Å². The Balaban J connectivity index is 0.000000133. The van der Waals surface area contributed by atoms with Gasteiger partial charge in [-0.25, -0.2) is 0 Å². The third-order valence-corrected chi connectivity index (χ3v) is 3.80. The first kappa shape index (κ1) is 14.6. The molecule has 22 heavy (non-hydrogen) atoms. The van der Waals surface area contributed by atoms with Crippen LogP contribution in [0.2, 0.25) is 0 Å². The van der Waals surface area contributed by atoms with E-state index in [1.807, 2.05) is 30.3 Å². The lowest BCUT2D eigenvalue weighted by Gasteiger charge is -2.05. The van der Waals surface area contributed by atoms with Gasteiger partial charge in [-0.15, -0.1) is 0 Å². The number of hydrogen-bond acceptors (Lipinski definition) is 1. The van der Waals surface area contributed by atoms with Crippen molar-refractivity contribution in [3.63, 3.8) is 0 Å². The standard InChI is InChI=1S/C10H11NO.C7H3F3/c12-10-9(6-7-11-10)8-4-2-1-3-5-8;8-7(9,10)6-2-1-4-3-5(4)6/h1-5,9H,6-7H2,(H,11,12);1-3H. The number of halogens is 3. The van der Waals surface area contributed by atoms with Crippen molar-refractivity contribution in [1.29, 1.82) is 0 Å². The van der Waals surface area contributed by atoms with Crippen LogP contribution in [-0.2, 0) is 11.0 Å². The summed E-state index contributed by atoms with van der Waals surface area (Å²) in [5.74, 6) is 0.257. The summed E-state index contributed by atoms with van der Waals surface area (Å²) >= 11 is 0. The molecule has 1 amide bonds. The molecule has 2 aliphatic carbocycles. The summed E-state index contributed by atoms with van der Waals surface area (Å²) in [7, 11) is 0. The zero-order valence-electron chi connectivity index (χ0n) is 11.7. The number of rotatable bonds is 1. The predicted molar refractivity (Wildman–Crippen MR) is 77.2 cm³/mol. The number of nitrogens with one attached hydrogen (secondary N) is 1. The van der Waals surface area contributed by atoms with E-state index in [2.05, 4.69) is 5.32 Å². The molecule has 1 saturated heterocycles. The molecule has 1 unspecified atom stereocenters. The first-order valence-electron chi connectivity index (χ1n) is 7.01. The van der Waals surface area contributed by atoms with Crippen LogP contribution in [0.1, 0.15) is 23.5 Å². The molecule has 2 nitrogen and oxygen atoms in total. The Morgan fingerprint density at radius 3 is 2.18 bits per heavy atom. The summed E-state index contributed by atoms with van der Waals surface area (Å²) in [5.41, 5.74) is 1.73. The van der Waals surface area contributed by atoms with E-state index >= 15 is 0 Å². The molecule has 1 aromatic rings. The maximum Gasteiger partial charge on any atom is 0.417 e. The predicted octanol–water partition coefficient (Wildman–Crippen LogP) is 3.98. The summed E-state index contributed by atoms with van der Waals surface area (Å²) in [4.78, 5) is 11.3. The lowest BCUT2D eigenvalue weighted by molar-refractivity contribution is -0.136. The maximum atomic E-state index is 11.9. The highest BCUT2D eigenvalue weighted by atomic mass is 19.4. The van der Waals surface area contributed by atoms with Crippen molar-refractivity contribution in [3.8, 4) is 11.1 Å². The molecule has 0 bridgehead atoms. The summed E-state index contributed by atoms with van der Waals surface area (Å²) in [6, 6.07) is 14.1. The second-order valence-electron chi connectivity index (χ2n) is 5.30. The van der Waals surface area contributed by atoms with E-state index in [0.29, 0.717) is 5.56 Å². The molecule has 1 fully saturated rings. The largest absolute Gasteiger partial charge is 0.417 e. The van der Waals surface area contributed by atoms with Crippen LogP contribution in [0.5, 0.6) is 0 Å². The highest BCUT2D eigenvalue weighted by Gasteiger charge is 2.37. The van der Waals surface area contributed by atoms with Gasteiger partial charge in [0.1, 0.15) is 0 Å².